The van der Waals surface area contributed by atoms with Crippen LogP contribution in [0.1, 0.15) is 5.56 Å². The summed E-state index contributed by atoms with van der Waals surface area (Å²) in [5.74, 6) is -0.465. The molecule has 1 aromatic carbocycles. The van der Waals surface area contributed by atoms with Gasteiger partial charge in [0.05, 0.1) is 10.6 Å². The van der Waals surface area contributed by atoms with Crippen molar-refractivity contribution in [2.24, 2.45) is 5.14 Å². The average molecular weight is 293 g/mol. The van der Waals surface area contributed by atoms with Crippen molar-refractivity contribution >= 4 is 25.7 Å². The monoisotopic (exact) mass is 293 g/mol. The number of sulfonamides is 2. The van der Waals surface area contributed by atoms with Gasteiger partial charge < -0.3 is 5.73 Å². The van der Waals surface area contributed by atoms with Gasteiger partial charge in [-0.15, -0.1) is 0 Å². The molecule has 0 saturated carbocycles. The molecule has 102 valence electrons. The fraction of sp³-hybridized carbons (Fsp3) is 0.333. The molecule has 7 nitrogen and oxygen atoms in total. The van der Waals surface area contributed by atoms with Crippen LogP contribution in [0.4, 0.5) is 5.69 Å². The summed E-state index contributed by atoms with van der Waals surface area (Å²) in [5.41, 5.74) is 6.35. The topological polar surface area (TPSA) is 132 Å². The van der Waals surface area contributed by atoms with E-state index in [4.69, 9.17) is 10.9 Å². The van der Waals surface area contributed by atoms with Gasteiger partial charge in [-0.05, 0) is 24.6 Å². The second-order valence-corrected chi connectivity index (χ2v) is 7.26. The van der Waals surface area contributed by atoms with Gasteiger partial charge >= 0.3 is 0 Å². The highest BCUT2D eigenvalue weighted by Gasteiger charge is 2.17. The molecule has 0 spiro atoms. The summed E-state index contributed by atoms with van der Waals surface area (Å²) in [7, 11) is -7.48. The summed E-state index contributed by atoms with van der Waals surface area (Å²) in [6.45, 7) is 1.34. The minimum atomic E-state index is -3.79. The fourth-order valence-electron chi connectivity index (χ4n) is 1.30. The maximum atomic E-state index is 11.9. The maximum Gasteiger partial charge on any atom is 0.240 e. The van der Waals surface area contributed by atoms with Gasteiger partial charge in [0.2, 0.25) is 20.0 Å². The van der Waals surface area contributed by atoms with E-state index in [9.17, 15) is 16.8 Å². The second kappa shape index (κ2) is 5.22. The quantitative estimate of drug-likeness (QED) is 0.608. The Labute approximate surface area is 106 Å². The van der Waals surface area contributed by atoms with E-state index in [1.807, 2.05) is 0 Å². The number of nitrogens with one attached hydrogen (secondary N) is 1. The summed E-state index contributed by atoms with van der Waals surface area (Å²) in [6, 6.07) is 4.47. The van der Waals surface area contributed by atoms with Gasteiger partial charge in [-0.3, -0.25) is 0 Å². The van der Waals surface area contributed by atoms with Crippen LogP contribution in [0.2, 0.25) is 0 Å². The average Bonchev–Trinajstić information content (AvgIpc) is 2.19. The lowest BCUT2D eigenvalue weighted by Gasteiger charge is -2.09. The van der Waals surface area contributed by atoms with Crippen LogP contribution in [-0.4, -0.2) is 29.1 Å². The lowest BCUT2D eigenvalue weighted by Crippen LogP contribution is -2.31. The Bertz CT molecular complexity index is 638. The molecule has 0 amide bonds. The zero-order valence-corrected chi connectivity index (χ0v) is 11.4. The molecular weight excluding hydrogens is 278 g/mol. The molecule has 9 heteroatoms. The van der Waals surface area contributed by atoms with E-state index in [1.165, 1.54) is 6.07 Å². The number of hydrogen-bond donors (Lipinski definition) is 3. The molecule has 0 fully saturated rings. The molecule has 1 aromatic rings. The van der Waals surface area contributed by atoms with E-state index in [0.717, 1.165) is 0 Å². The maximum absolute atomic E-state index is 11.9. The molecule has 0 aromatic heterocycles. The van der Waals surface area contributed by atoms with Crippen molar-refractivity contribution in [1.29, 1.82) is 0 Å². The first-order valence-electron chi connectivity index (χ1n) is 4.98. The van der Waals surface area contributed by atoms with Crippen LogP contribution >= 0.6 is 0 Å². The van der Waals surface area contributed by atoms with Crippen molar-refractivity contribution in [1.82, 2.24) is 4.72 Å². The molecule has 18 heavy (non-hydrogen) atoms. The van der Waals surface area contributed by atoms with Gasteiger partial charge in [-0.2, -0.15) is 0 Å². The third kappa shape index (κ3) is 4.26. The molecule has 0 radical (unpaired) electrons. The molecule has 0 saturated heterocycles. The molecular formula is C9H15N3O4S2. The van der Waals surface area contributed by atoms with Crippen LogP contribution < -0.4 is 15.6 Å². The Hall–Kier alpha value is -1.16. The summed E-state index contributed by atoms with van der Waals surface area (Å²) in [5, 5.41) is 4.77. The fourth-order valence-corrected chi connectivity index (χ4v) is 3.13. The number of benzene rings is 1. The van der Waals surface area contributed by atoms with Gasteiger partial charge in [0.15, 0.2) is 0 Å². The minimum Gasteiger partial charge on any atom is -0.399 e. The normalized spacial score (nSPS) is 12.6. The van der Waals surface area contributed by atoms with Gasteiger partial charge in [-0.1, -0.05) is 6.07 Å². The van der Waals surface area contributed by atoms with Crippen LogP contribution in [0, 0.1) is 6.92 Å². The predicted molar refractivity (Wildman–Crippen MR) is 68.8 cm³/mol. The Balaban J connectivity index is 2.90. The number of nitrogen functional groups attached to an aromatic ring is 1. The molecule has 0 aliphatic heterocycles. The van der Waals surface area contributed by atoms with Crippen molar-refractivity contribution < 1.29 is 16.8 Å². The van der Waals surface area contributed by atoms with Crippen LogP contribution in [0.25, 0.3) is 0 Å². The highest BCUT2D eigenvalue weighted by Crippen LogP contribution is 2.17. The predicted octanol–water partition coefficient (Wildman–Crippen LogP) is -0.856. The zero-order chi connectivity index (χ0) is 14.0. The summed E-state index contributed by atoms with van der Waals surface area (Å²) in [6.07, 6.45) is 0. The Morgan fingerprint density at radius 1 is 1.22 bits per heavy atom. The highest BCUT2D eigenvalue weighted by atomic mass is 32.2. The highest BCUT2D eigenvalue weighted by molar-refractivity contribution is 7.90. The van der Waals surface area contributed by atoms with Crippen LogP contribution in [0.15, 0.2) is 23.1 Å². The third-order valence-electron chi connectivity index (χ3n) is 2.18. The number of rotatable bonds is 5. The second-order valence-electron chi connectivity index (χ2n) is 3.79. The smallest absolute Gasteiger partial charge is 0.240 e. The minimum absolute atomic E-state index is 0.0249. The Kier molecular flexibility index (Phi) is 4.32. The first-order chi connectivity index (χ1) is 8.12. The molecule has 0 atom stereocenters. The third-order valence-corrected chi connectivity index (χ3v) is 4.56. The molecule has 5 N–H and O–H groups in total. The summed E-state index contributed by atoms with van der Waals surface area (Å²) in [4.78, 5) is 0.0249. The van der Waals surface area contributed by atoms with E-state index >= 15 is 0 Å². The summed E-state index contributed by atoms with van der Waals surface area (Å²) < 4.78 is 47.3. The number of aryl methyl sites for hydroxylation is 1. The Morgan fingerprint density at radius 3 is 2.39 bits per heavy atom. The molecule has 0 aliphatic rings. The van der Waals surface area contributed by atoms with E-state index in [2.05, 4.69) is 4.72 Å². The number of nitrogens with two attached hydrogens (primary N) is 2. The van der Waals surface area contributed by atoms with E-state index in [-0.39, 0.29) is 11.4 Å². The van der Waals surface area contributed by atoms with Crippen LogP contribution in [0.3, 0.4) is 0 Å². The first-order valence-corrected chi connectivity index (χ1v) is 8.18. The molecule has 0 unspecified atom stereocenters. The largest absolute Gasteiger partial charge is 0.399 e. The lowest BCUT2D eigenvalue weighted by molar-refractivity contribution is 0.581. The van der Waals surface area contributed by atoms with Crippen molar-refractivity contribution in [2.45, 2.75) is 11.8 Å². The molecule has 0 aliphatic carbocycles. The zero-order valence-electron chi connectivity index (χ0n) is 9.75. The van der Waals surface area contributed by atoms with Crippen molar-refractivity contribution in [2.75, 3.05) is 18.0 Å². The van der Waals surface area contributed by atoms with Crippen molar-refractivity contribution in [3.05, 3.63) is 23.8 Å². The van der Waals surface area contributed by atoms with Crippen molar-refractivity contribution in [3.63, 3.8) is 0 Å². The molecule has 0 heterocycles. The summed E-state index contributed by atoms with van der Waals surface area (Å²) >= 11 is 0. The Morgan fingerprint density at radius 2 is 1.83 bits per heavy atom. The van der Waals surface area contributed by atoms with E-state index < -0.39 is 25.8 Å². The van der Waals surface area contributed by atoms with Crippen LogP contribution in [0.5, 0.6) is 0 Å². The number of primary sulfonamides is 1. The van der Waals surface area contributed by atoms with E-state index in [1.54, 1.807) is 19.1 Å². The van der Waals surface area contributed by atoms with Gasteiger partial charge in [-0.25, -0.2) is 26.7 Å². The standard InChI is InChI=1S/C9H15N3O4S2/c1-7-2-3-8(10)6-9(7)18(15,16)12-4-5-17(11,13)14/h2-3,6,12H,4-5,10H2,1H3,(H2,11,13,14). The lowest BCUT2D eigenvalue weighted by atomic mass is 10.2. The van der Waals surface area contributed by atoms with Crippen molar-refractivity contribution in [3.8, 4) is 0 Å². The number of anilines is 1. The van der Waals surface area contributed by atoms with Gasteiger partial charge in [0, 0.05) is 12.2 Å². The number of hydrogen-bond acceptors (Lipinski definition) is 5. The van der Waals surface area contributed by atoms with Gasteiger partial charge in [0.1, 0.15) is 0 Å². The SMILES string of the molecule is Cc1ccc(N)cc1S(=O)(=O)NCCS(N)(=O)=O. The van der Waals surface area contributed by atoms with Crippen LogP contribution in [-0.2, 0) is 20.0 Å². The van der Waals surface area contributed by atoms with Gasteiger partial charge in [0.25, 0.3) is 0 Å². The molecule has 0 bridgehead atoms. The molecule has 1 rings (SSSR count). The van der Waals surface area contributed by atoms with E-state index in [0.29, 0.717) is 11.3 Å². The first kappa shape index (κ1) is 14.9.